The molecule has 4 nitrogen and oxygen atoms in total. The van der Waals surface area contributed by atoms with Gasteiger partial charge in [-0.15, -0.1) is 0 Å². The van der Waals surface area contributed by atoms with Crippen LogP contribution >= 0.6 is 34.8 Å². The molecule has 0 radical (unpaired) electrons. The second kappa shape index (κ2) is 8.38. The monoisotopic (exact) mass is 385 g/mol. The van der Waals surface area contributed by atoms with Crippen LogP contribution < -0.4 is 5.32 Å². The Bertz CT molecular complexity index is 747. The summed E-state index contributed by atoms with van der Waals surface area (Å²) in [6.07, 6.45) is 0. The maximum Gasteiger partial charge on any atom is 0.328 e. The highest BCUT2D eigenvalue weighted by Crippen LogP contribution is 2.21. The first-order chi connectivity index (χ1) is 11.4. The Morgan fingerprint density at radius 3 is 2.29 bits per heavy atom. The number of carbonyl (C=O) groups excluding carboxylic acids is 2. The zero-order valence-electron chi connectivity index (χ0n) is 12.7. The van der Waals surface area contributed by atoms with Crippen LogP contribution in [0.25, 0.3) is 0 Å². The highest BCUT2D eigenvalue weighted by Gasteiger charge is 2.18. The number of rotatable bonds is 5. The van der Waals surface area contributed by atoms with E-state index in [9.17, 15) is 9.59 Å². The molecule has 0 bridgehead atoms. The first kappa shape index (κ1) is 18.6. The van der Waals surface area contributed by atoms with E-state index < -0.39 is 12.0 Å². The Kier molecular flexibility index (Phi) is 6.49. The van der Waals surface area contributed by atoms with Gasteiger partial charge in [0.15, 0.2) is 0 Å². The first-order valence-corrected chi connectivity index (χ1v) is 8.17. The van der Waals surface area contributed by atoms with Crippen molar-refractivity contribution < 1.29 is 14.3 Å². The standard InChI is InChI=1S/C17H14Cl3NO3/c1-10(21-16(22)11-2-5-13(18)6-3-11)17(23)24-9-12-4-7-14(19)8-15(12)20/h2-8,10H,9H2,1H3,(H,21,22)/t10-/m0/s1. The van der Waals surface area contributed by atoms with E-state index in [0.717, 1.165) is 0 Å². The van der Waals surface area contributed by atoms with Gasteiger partial charge in [0.1, 0.15) is 12.6 Å². The predicted octanol–water partition coefficient (Wildman–Crippen LogP) is 4.51. The maximum absolute atomic E-state index is 12.0. The molecule has 1 amide bonds. The zero-order chi connectivity index (χ0) is 17.7. The largest absolute Gasteiger partial charge is 0.459 e. The average molecular weight is 387 g/mol. The Morgan fingerprint density at radius 1 is 1.04 bits per heavy atom. The lowest BCUT2D eigenvalue weighted by molar-refractivity contribution is -0.146. The van der Waals surface area contributed by atoms with Gasteiger partial charge >= 0.3 is 5.97 Å². The van der Waals surface area contributed by atoms with Crippen molar-refractivity contribution in [2.24, 2.45) is 0 Å². The Hall–Kier alpha value is -1.75. The molecule has 0 heterocycles. The van der Waals surface area contributed by atoms with Crippen LogP contribution in [-0.2, 0) is 16.1 Å². The van der Waals surface area contributed by atoms with Crippen LogP contribution in [0.3, 0.4) is 0 Å². The summed E-state index contributed by atoms with van der Waals surface area (Å²) in [4.78, 5) is 24.0. The molecule has 2 aromatic rings. The molecule has 2 rings (SSSR count). The van der Waals surface area contributed by atoms with Crippen molar-refractivity contribution in [2.75, 3.05) is 0 Å². The summed E-state index contributed by atoms with van der Waals surface area (Å²) >= 11 is 17.6. The normalized spacial score (nSPS) is 11.7. The lowest BCUT2D eigenvalue weighted by Gasteiger charge is -2.14. The Balaban J connectivity index is 1.89. The van der Waals surface area contributed by atoms with E-state index in [-0.39, 0.29) is 12.5 Å². The highest BCUT2D eigenvalue weighted by atomic mass is 35.5. The molecule has 0 fully saturated rings. The second-order valence-electron chi connectivity index (χ2n) is 5.05. The fraction of sp³-hybridized carbons (Fsp3) is 0.176. The molecule has 0 aromatic heterocycles. The van der Waals surface area contributed by atoms with Gasteiger partial charge in [0, 0.05) is 26.2 Å². The lowest BCUT2D eigenvalue weighted by atomic mass is 10.2. The second-order valence-corrected chi connectivity index (χ2v) is 6.33. The van der Waals surface area contributed by atoms with Gasteiger partial charge in [0.05, 0.1) is 0 Å². The van der Waals surface area contributed by atoms with E-state index in [1.807, 2.05) is 0 Å². The third-order valence-electron chi connectivity index (χ3n) is 3.19. The molecular weight excluding hydrogens is 373 g/mol. The first-order valence-electron chi connectivity index (χ1n) is 7.04. The molecule has 24 heavy (non-hydrogen) atoms. The summed E-state index contributed by atoms with van der Waals surface area (Å²) in [7, 11) is 0. The van der Waals surface area contributed by atoms with Crippen molar-refractivity contribution in [1.29, 1.82) is 0 Å². The molecule has 0 aliphatic carbocycles. The van der Waals surface area contributed by atoms with Crippen LogP contribution in [0.15, 0.2) is 42.5 Å². The number of amides is 1. The van der Waals surface area contributed by atoms with Gasteiger partial charge in [-0.25, -0.2) is 4.79 Å². The van der Waals surface area contributed by atoms with Crippen LogP contribution in [0.2, 0.25) is 15.1 Å². The summed E-state index contributed by atoms with van der Waals surface area (Å²) in [6, 6.07) is 10.4. The Labute approximate surface area is 154 Å². The van der Waals surface area contributed by atoms with Gasteiger partial charge in [-0.1, -0.05) is 40.9 Å². The van der Waals surface area contributed by atoms with Crippen LogP contribution in [0.4, 0.5) is 0 Å². The fourth-order valence-electron chi connectivity index (χ4n) is 1.85. The van der Waals surface area contributed by atoms with Crippen molar-refractivity contribution in [3.63, 3.8) is 0 Å². The van der Waals surface area contributed by atoms with Crippen molar-refractivity contribution >= 4 is 46.7 Å². The minimum Gasteiger partial charge on any atom is -0.459 e. The number of hydrogen-bond donors (Lipinski definition) is 1. The molecule has 0 aliphatic rings. The minimum absolute atomic E-state index is 0.00398. The average Bonchev–Trinajstić information content (AvgIpc) is 2.54. The summed E-state index contributed by atoms with van der Waals surface area (Å²) in [5, 5.41) is 4.00. The van der Waals surface area contributed by atoms with Gasteiger partial charge < -0.3 is 10.1 Å². The van der Waals surface area contributed by atoms with Gasteiger partial charge in [-0.3, -0.25) is 4.79 Å². The number of nitrogens with one attached hydrogen (secondary N) is 1. The number of ether oxygens (including phenoxy) is 1. The summed E-state index contributed by atoms with van der Waals surface area (Å²) < 4.78 is 5.16. The molecule has 0 aliphatic heterocycles. The molecule has 1 atom stereocenters. The van der Waals surface area contributed by atoms with Crippen LogP contribution in [0, 0.1) is 0 Å². The third kappa shape index (κ3) is 5.13. The summed E-state index contributed by atoms with van der Waals surface area (Å²) in [5.74, 6) is -0.955. The van der Waals surface area contributed by atoms with Crippen LogP contribution in [0.5, 0.6) is 0 Å². The topological polar surface area (TPSA) is 55.4 Å². The smallest absolute Gasteiger partial charge is 0.328 e. The number of benzene rings is 2. The number of hydrogen-bond acceptors (Lipinski definition) is 3. The summed E-state index contributed by atoms with van der Waals surface area (Å²) in [6.45, 7) is 1.54. The van der Waals surface area contributed by atoms with Gasteiger partial charge in [0.25, 0.3) is 5.91 Å². The third-order valence-corrected chi connectivity index (χ3v) is 4.03. The van der Waals surface area contributed by atoms with E-state index in [1.54, 1.807) is 49.4 Å². The van der Waals surface area contributed by atoms with E-state index >= 15 is 0 Å². The van der Waals surface area contributed by atoms with Crippen LogP contribution in [0.1, 0.15) is 22.8 Å². The number of carbonyl (C=O) groups is 2. The van der Waals surface area contributed by atoms with Gasteiger partial charge in [-0.05, 0) is 43.3 Å². The molecule has 126 valence electrons. The molecule has 2 aromatic carbocycles. The molecule has 0 spiro atoms. The zero-order valence-corrected chi connectivity index (χ0v) is 15.0. The molecular formula is C17H14Cl3NO3. The minimum atomic E-state index is -0.806. The molecule has 0 saturated carbocycles. The molecule has 0 saturated heterocycles. The van der Waals surface area contributed by atoms with Crippen LogP contribution in [-0.4, -0.2) is 17.9 Å². The van der Waals surface area contributed by atoms with E-state index in [2.05, 4.69) is 5.32 Å². The maximum atomic E-state index is 12.0. The van der Waals surface area contributed by atoms with Crippen molar-refractivity contribution in [3.05, 3.63) is 68.7 Å². The van der Waals surface area contributed by atoms with Gasteiger partial charge in [-0.2, -0.15) is 0 Å². The lowest BCUT2D eigenvalue weighted by Crippen LogP contribution is -2.39. The predicted molar refractivity (Wildman–Crippen MR) is 94.6 cm³/mol. The Morgan fingerprint density at radius 2 is 1.67 bits per heavy atom. The van der Waals surface area contributed by atoms with Gasteiger partial charge in [0.2, 0.25) is 0 Å². The van der Waals surface area contributed by atoms with Crippen molar-refractivity contribution in [1.82, 2.24) is 5.32 Å². The molecule has 7 heteroatoms. The van der Waals surface area contributed by atoms with E-state index in [4.69, 9.17) is 39.5 Å². The fourth-order valence-corrected chi connectivity index (χ4v) is 2.44. The molecule has 1 N–H and O–H groups in total. The van der Waals surface area contributed by atoms with Crippen molar-refractivity contribution in [3.8, 4) is 0 Å². The highest BCUT2D eigenvalue weighted by molar-refractivity contribution is 6.35. The number of esters is 1. The quantitative estimate of drug-likeness (QED) is 0.769. The van der Waals surface area contributed by atoms with E-state index in [0.29, 0.717) is 26.2 Å². The van der Waals surface area contributed by atoms with Crippen molar-refractivity contribution in [2.45, 2.75) is 19.6 Å². The SMILES string of the molecule is C[C@H](NC(=O)c1ccc(Cl)cc1)C(=O)OCc1ccc(Cl)cc1Cl. The number of halogens is 3. The molecule has 0 unspecified atom stereocenters. The van der Waals surface area contributed by atoms with E-state index in [1.165, 1.54) is 0 Å². The summed E-state index contributed by atoms with van der Waals surface area (Å²) in [5.41, 5.74) is 1.03.